The molecule has 1 aliphatic rings. The lowest BCUT2D eigenvalue weighted by Crippen LogP contribution is -2.24. The first-order valence-corrected chi connectivity index (χ1v) is 9.68. The van der Waals surface area contributed by atoms with E-state index in [1.165, 1.54) is 23.7 Å². The number of aromatic nitrogens is 3. The van der Waals surface area contributed by atoms with Crippen LogP contribution in [0.4, 0.5) is 14.6 Å². The lowest BCUT2D eigenvalue weighted by Gasteiger charge is -2.21. The number of thioether (sulfide) groups is 1. The highest BCUT2D eigenvalue weighted by atomic mass is 32.2. The molecule has 2 atom stereocenters. The fourth-order valence-electron chi connectivity index (χ4n) is 2.86. The van der Waals surface area contributed by atoms with Gasteiger partial charge in [0.1, 0.15) is 22.9 Å². The second kappa shape index (κ2) is 6.81. The third-order valence-corrected chi connectivity index (χ3v) is 6.07. The topological polar surface area (TPSA) is 59.9 Å². The second-order valence-electron chi connectivity index (χ2n) is 5.56. The minimum atomic E-state index is -0.872. The Balaban J connectivity index is 1.63. The van der Waals surface area contributed by atoms with Gasteiger partial charge in [-0.15, -0.1) is 11.3 Å². The monoisotopic (exact) mass is 380 g/mol. The Bertz CT molecular complexity index is 920. The number of benzene rings is 1. The van der Waals surface area contributed by atoms with Gasteiger partial charge in [0.15, 0.2) is 21.6 Å². The predicted molar refractivity (Wildman–Crippen MR) is 94.1 cm³/mol. The Kier molecular flexibility index (Phi) is 4.53. The molecule has 0 saturated carbocycles. The molecular formula is C16H14F2N4OS2. The summed E-state index contributed by atoms with van der Waals surface area (Å²) in [4.78, 5) is 13.0. The molecule has 130 valence electrons. The zero-order chi connectivity index (χ0) is 17.4. The predicted octanol–water partition coefficient (Wildman–Crippen LogP) is 4.03. The molecule has 0 radical (unpaired) electrons. The minimum Gasteiger partial charge on any atom is -0.371 e. The van der Waals surface area contributed by atoms with Crippen LogP contribution in [0.3, 0.4) is 0 Å². The van der Waals surface area contributed by atoms with Crippen LogP contribution in [0.5, 0.6) is 0 Å². The van der Waals surface area contributed by atoms with E-state index in [4.69, 9.17) is 4.74 Å². The van der Waals surface area contributed by atoms with Crippen LogP contribution in [0, 0.1) is 11.6 Å². The van der Waals surface area contributed by atoms with Crippen molar-refractivity contribution in [1.82, 2.24) is 15.0 Å². The molecule has 9 heteroatoms. The van der Waals surface area contributed by atoms with Crippen LogP contribution in [-0.4, -0.2) is 33.9 Å². The van der Waals surface area contributed by atoms with Gasteiger partial charge in [0.2, 0.25) is 0 Å². The number of thiazole rings is 1. The van der Waals surface area contributed by atoms with Crippen molar-refractivity contribution in [1.29, 1.82) is 0 Å². The molecule has 2 unspecified atom stereocenters. The van der Waals surface area contributed by atoms with Crippen molar-refractivity contribution in [3.05, 3.63) is 41.7 Å². The van der Waals surface area contributed by atoms with Crippen molar-refractivity contribution >= 4 is 39.3 Å². The molecular weight excluding hydrogens is 366 g/mol. The van der Waals surface area contributed by atoms with Crippen LogP contribution >= 0.6 is 23.1 Å². The molecule has 3 aromatic rings. The molecule has 2 aromatic heterocycles. The first-order chi connectivity index (χ1) is 12.2. The number of ether oxygens (including phenoxy) is 1. The Morgan fingerprint density at radius 2 is 2.16 bits per heavy atom. The summed E-state index contributed by atoms with van der Waals surface area (Å²) in [7, 11) is 0. The number of halogens is 2. The Morgan fingerprint density at radius 1 is 1.28 bits per heavy atom. The van der Waals surface area contributed by atoms with Gasteiger partial charge in [-0.3, -0.25) is 0 Å². The van der Waals surface area contributed by atoms with Crippen molar-refractivity contribution in [2.45, 2.75) is 22.9 Å². The van der Waals surface area contributed by atoms with Crippen LogP contribution in [0.2, 0.25) is 0 Å². The summed E-state index contributed by atoms with van der Waals surface area (Å²) in [6, 6.07) is 3.77. The molecule has 1 saturated heterocycles. The summed E-state index contributed by atoms with van der Waals surface area (Å²) in [5.41, 5.74) is 1.25. The number of hydrogen-bond acceptors (Lipinski definition) is 7. The summed E-state index contributed by atoms with van der Waals surface area (Å²) >= 11 is 3.08. The van der Waals surface area contributed by atoms with Crippen molar-refractivity contribution in [2.75, 3.05) is 18.2 Å². The summed E-state index contributed by atoms with van der Waals surface area (Å²) < 4.78 is 34.3. The van der Waals surface area contributed by atoms with Crippen molar-refractivity contribution in [2.24, 2.45) is 0 Å². The summed E-state index contributed by atoms with van der Waals surface area (Å²) in [5, 5.41) is 3.37. The molecule has 5 nitrogen and oxygen atoms in total. The molecule has 3 heterocycles. The van der Waals surface area contributed by atoms with Gasteiger partial charge in [0.05, 0.1) is 6.04 Å². The third kappa shape index (κ3) is 3.19. The first-order valence-electron chi connectivity index (χ1n) is 7.64. The molecule has 0 amide bonds. The molecule has 0 bridgehead atoms. The zero-order valence-electron chi connectivity index (χ0n) is 13.2. The van der Waals surface area contributed by atoms with E-state index in [9.17, 15) is 8.78 Å². The third-order valence-electron chi connectivity index (χ3n) is 4.03. The van der Waals surface area contributed by atoms with E-state index in [1.807, 2.05) is 6.26 Å². The molecule has 0 aliphatic carbocycles. The molecule has 1 N–H and O–H groups in total. The Hall–Kier alpha value is -1.84. The van der Waals surface area contributed by atoms with Gasteiger partial charge in [0.25, 0.3) is 0 Å². The quantitative estimate of drug-likeness (QED) is 0.690. The lowest BCUT2D eigenvalue weighted by molar-refractivity contribution is 0.107. The number of hydrogen-bond donors (Lipinski definition) is 1. The van der Waals surface area contributed by atoms with Crippen molar-refractivity contribution in [3.8, 4) is 0 Å². The van der Waals surface area contributed by atoms with E-state index < -0.39 is 11.6 Å². The molecule has 1 fully saturated rings. The maximum absolute atomic E-state index is 13.6. The zero-order valence-corrected chi connectivity index (χ0v) is 14.8. The average molecular weight is 380 g/mol. The van der Waals surface area contributed by atoms with E-state index in [0.29, 0.717) is 23.6 Å². The van der Waals surface area contributed by atoms with Gasteiger partial charge >= 0.3 is 0 Å². The fraction of sp³-hybridized carbons (Fsp3) is 0.312. The highest BCUT2D eigenvalue weighted by Crippen LogP contribution is 2.35. The minimum absolute atomic E-state index is 0.0946. The number of fused-ring (bicyclic) bond motifs is 1. The van der Waals surface area contributed by atoms with Crippen LogP contribution in [0.1, 0.15) is 18.1 Å². The highest BCUT2D eigenvalue weighted by Gasteiger charge is 2.31. The Morgan fingerprint density at radius 3 is 2.96 bits per heavy atom. The first kappa shape index (κ1) is 16.6. The summed E-state index contributed by atoms with van der Waals surface area (Å²) in [6.45, 7) is 0.536. The fourth-order valence-corrected chi connectivity index (χ4v) is 4.32. The van der Waals surface area contributed by atoms with Gasteiger partial charge in [-0.2, -0.15) is 0 Å². The SMILES string of the molecule is CSc1nc2ncnc(NC3CCOC3c3ccc(F)c(F)c3)c2s1. The normalized spacial score (nSPS) is 20.3. The van der Waals surface area contributed by atoms with E-state index in [1.54, 1.807) is 17.8 Å². The van der Waals surface area contributed by atoms with Crippen molar-refractivity contribution in [3.63, 3.8) is 0 Å². The highest BCUT2D eigenvalue weighted by molar-refractivity contribution is 8.00. The number of nitrogens with zero attached hydrogens (tertiary/aromatic N) is 3. The smallest absolute Gasteiger partial charge is 0.176 e. The molecule has 1 aromatic carbocycles. The van der Waals surface area contributed by atoms with Crippen LogP contribution in [-0.2, 0) is 4.74 Å². The largest absolute Gasteiger partial charge is 0.371 e. The Labute approximate surface area is 150 Å². The summed E-state index contributed by atoms with van der Waals surface area (Å²) in [5.74, 6) is -1.05. The van der Waals surface area contributed by atoms with Crippen LogP contribution in [0.15, 0.2) is 28.9 Å². The molecule has 25 heavy (non-hydrogen) atoms. The van der Waals surface area contributed by atoms with Gasteiger partial charge in [0, 0.05) is 6.61 Å². The summed E-state index contributed by atoms with van der Waals surface area (Å²) in [6.07, 6.45) is 3.80. The second-order valence-corrected chi connectivity index (χ2v) is 7.62. The van der Waals surface area contributed by atoms with E-state index in [-0.39, 0.29) is 12.1 Å². The van der Waals surface area contributed by atoms with Crippen LogP contribution in [0.25, 0.3) is 10.3 Å². The van der Waals surface area contributed by atoms with Crippen molar-refractivity contribution < 1.29 is 13.5 Å². The molecule has 1 aliphatic heterocycles. The number of nitrogens with one attached hydrogen (secondary N) is 1. The standard InChI is InChI=1S/C16H14F2N4OS2/c1-24-16-22-15-13(25-16)14(19-7-20-15)21-11-4-5-23-12(11)8-2-3-9(17)10(18)6-8/h2-3,6-7,11-12H,4-5H2,1H3,(H,19,20,21). The number of anilines is 1. The molecule has 4 rings (SSSR count). The molecule has 0 spiro atoms. The maximum Gasteiger partial charge on any atom is 0.176 e. The van der Waals surface area contributed by atoms with Gasteiger partial charge < -0.3 is 10.1 Å². The van der Waals surface area contributed by atoms with Gasteiger partial charge in [-0.1, -0.05) is 17.8 Å². The maximum atomic E-state index is 13.6. The van der Waals surface area contributed by atoms with Gasteiger partial charge in [-0.25, -0.2) is 23.7 Å². The number of rotatable bonds is 4. The van der Waals surface area contributed by atoms with E-state index in [2.05, 4.69) is 20.3 Å². The van der Waals surface area contributed by atoms with E-state index >= 15 is 0 Å². The van der Waals surface area contributed by atoms with Gasteiger partial charge in [-0.05, 0) is 30.4 Å². The van der Waals surface area contributed by atoms with Crippen LogP contribution < -0.4 is 5.32 Å². The lowest BCUT2D eigenvalue weighted by atomic mass is 10.0. The average Bonchev–Trinajstić information content (AvgIpc) is 3.24. The van der Waals surface area contributed by atoms with E-state index in [0.717, 1.165) is 21.5 Å².